The molecular formula is C19H21F2NO3. The monoisotopic (exact) mass is 349 g/mol. The summed E-state index contributed by atoms with van der Waals surface area (Å²) < 4.78 is 38.7. The third-order valence-corrected chi connectivity index (χ3v) is 3.63. The summed E-state index contributed by atoms with van der Waals surface area (Å²) in [5.74, 6) is -1.49. The highest BCUT2D eigenvalue weighted by Crippen LogP contribution is 2.29. The van der Waals surface area contributed by atoms with Gasteiger partial charge in [-0.1, -0.05) is 30.3 Å². The molecule has 6 heteroatoms. The summed E-state index contributed by atoms with van der Waals surface area (Å²) in [6, 6.07) is 12.0. The van der Waals surface area contributed by atoms with Gasteiger partial charge in [0, 0.05) is 6.07 Å². The average Bonchev–Trinajstić information content (AvgIpc) is 2.61. The lowest BCUT2D eigenvalue weighted by Gasteiger charge is -2.28. The fourth-order valence-corrected chi connectivity index (χ4v) is 2.21. The minimum atomic E-state index is -1.14. The number of hydrogen-bond acceptors (Lipinski definition) is 4. The molecule has 3 atom stereocenters. The fraction of sp³-hybridized carbons (Fsp3) is 0.316. The lowest BCUT2D eigenvalue weighted by molar-refractivity contribution is -0.115. The molecule has 0 saturated carbocycles. The zero-order chi connectivity index (χ0) is 18.4. The molecule has 2 aromatic rings. The summed E-state index contributed by atoms with van der Waals surface area (Å²) in [4.78, 5) is 10.9. The molecule has 2 rings (SSSR count). The Morgan fingerprint density at radius 1 is 1.20 bits per heavy atom. The smallest absolute Gasteiger partial charge is 0.165 e. The number of halogens is 2. The van der Waals surface area contributed by atoms with Crippen LogP contribution < -0.4 is 10.5 Å². The van der Waals surface area contributed by atoms with Crippen LogP contribution in [0.15, 0.2) is 48.5 Å². The highest BCUT2D eigenvalue weighted by Gasteiger charge is 2.26. The van der Waals surface area contributed by atoms with Crippen LogP contribution in [0.25, 0.3) is 0 Å². The van der Waals surface area contributed by atoms with Gasteiger partial charge in [-0.2, -0.15) is 0 Å². The summed E-state index contributed by atoms with van der Waals surface area (Å²) >= 11 is 0. The van der Waals surface area contributed by atoms with E-state index in [0.29, 0.717) is 6.29 Å². The quantitative estimate of drug-likeness (QED) is 0.742. The van der Waals surface area contributed by atoms with Crippen molar-refractivity contribution < 1.29 is 23.0 Å². The third kappa shape index (κ3) is 5.34. The number of ether oxygens (including phenoxy) is 2. The normalized spacial score (nSPS) is 15.9. The maximum atomic E-state index is 13.9. The van der Waals surface area contributed by atoms with Crippen molar-refractivity contribution in [2.24, 2.45) is 5.73 Å². The minimum absolute atomic E-state index is 0.0318. The molecule has 2 N–H and O–H groups in total. The van der Waals surface area contributed by atoms with Crippen LogP contribution >= 0.6 is 0 Å². The van der Waals surface area contributed by atoms with Gasteiger partial charge in [0.2, 0.25) is 0 Å². The van der Waals surface area contributed by atoms with Crippen LogP contribution in [0.5, 0.6) is 5.75 Å². The van der Waals surface area contributed by atoms with Gasteiger partial charge < -0.3 is 20.0 Å². The van der Waals surface area contributed by atoms with E-state index in [1.54, 1.807) is 31.2 Å². The van der Waals surface area contributed by atoms with Gasteiger partial charge >= 0.3 is 0 Å². The molecule has 0 bridgehead atoms. The van der Waals surface area contributed by atoms with Crippen LogP contribution in [-0.2, 0) is 9.53 Å². The molecule has 0 aromatic heterocycles. The molecule has 4 nitrogen and oxygen atoms in total. The highest BCUT2D eigenvalue weighted by atomic mass is 19.1. The Labute approximate surface area is 145 Å². The minimum Gasteiger partial charge on any atom is -0.480 e. The SMILES string of the molecule is C[C@H](OC[C@@](C)(N)C=O)[C@H](Oc1cc(F)ccc1F)c1ccccc1. The van der Waals surface area contributed by atoms with Crippen LogP contribution in [0, 0.1) is 11.6 Å². The first kappa shape index (κ1) is 19.0. The molecule has 0 aliphatic rings. The number of carbonyl (C=O) groups is 1. The highest BCUT2D eigenvalue weighted by molar-refractivity contribution is 5.63. The van der Waals surface area contributed by atoms with Crippen molar-refractivity contribution in [3.8, 4) is 5.75 Å². The van der Waals surface area contributed by atoms with E-state index >= 15 is 0 Å². The van der Waals surface area contributed by atoms with Crippen LogP contribution in [0.4, 0.5) is 8.78 Å². The number of nitrogens with two attached hydrogens (primary N) is 1. The van der Waals surface area contributed by atoms with Crippen LogP contribution in [0.2, 0.25) is 0 Å². The van der Waals surface area contributed by atoms with Gasteiger partial charge in [-0.05, 0) is 31.5 Å². The predicted molar refractivity (Wildman–Crippen MR) is 90.2 cm³/mol. The van der Waals surface area contributed by atoms with Crippen molar-refractivity contribution in [2.45, 2.75) is 31.6 Å². The van der Waals surface area contributed by atoms with Gasteiger partial charge in [-0.3, -0.25) is 0 Å². The summed E-state index contributed by atoms with van der Waals surface area (Å²) in [6.45, 7) is 3.23. The molecule has 0 heterocycles. The van der Waals surface area contributed by atoms with E-state index in [0.717, 1.165) is 23.8 Å². The zero-order valence-corrected chi connectivity index (χ0v) is 14.1. The van der Waals surface area contributed by atoms with Gasteiger partial charge in [0.05, 0.1) is 18.2 Å². The number of rotatable bonds is 8. The van der Waals surface area contributed by atoms with Gasteiger partial charge in [0.1, 0.15) is 18.2 Å². The largest absolute Gasteiger partial charge is 0.480 e. The van der Waals surface area contributed by atoms with E-state index in [-0.39, 0.29) is 12.4 Å². The van der Waals surface area contributed by atoms with Gasteiger partial charge in [-0.15, -0.1) is 0 Å². The van der Waals surface area contributed by atoms with Crippen LogP contribution in [-0.4, -0.2) is 24.5 Å². The molecule has 0 fully saturated rings. The number of benzene rings is 2. The summed E-state index contributed by atoms with van der Waals surface area (Å²) in [6.07, 6.45) is -0.669. The molecule has 0 amide bonds. The van der Waals surface area contributed by atoms with Crippen molar-refractivity contribution in [3.05, 3.63) is 65.7 Å². The molecule has 134 valence electrons. The fourth-order valence-electron chi connectivity index (χ4n) is 2.21. The first-order valence-corrected chi connectivity index (χ1v) is 7.86. The number of carbonyl (C=O) groups excluding carboxylic acids is 1. The Hall–Kier alpha value is -2.31. The van der Waals surface area contributed by atoms with Crippen molar-refractivity contribution >= 4 is 6.29 Å². The molecule has 0 aliphatic heterocycles. The second-order valence-electron chi connectivity index (χ2n) is 6.16. The zero-order valence-electron chi connectivity index (χ0n) is 14.1. The Morgan fingerprint density at radius 2 is 1.88 bits per heavy atom. The third-order valence-electron chi connectivity index (χ3n) is 3.63. The lowest BCUT2D eigenvalue weighted by Crippen LogP contribution is -2.44. The molecule has 25 heavy (non-hydrogen) atoms. The Kier molecular flexibility index (Phi) is 6.22. The Bertz CT molecular complexity index is 707. The molecule has 0 radical (unpaired) electrons. The first-order chi connectivity index (χ1) is 11.8. The molecule has 2 aromatic carbocycles. The molecule has 0 saturated heterocycles. The molecule has 0 spiro atoms. The second kappa shape index (κ2) is 8.18. The van der Waals surface area contributed by atoms with Crippen molar-refractivity contribution in [1.82, 2.24) is 0 Å². The van der Waals surface area contributed by atoms with Crippen LogP contribution in [0.1, 0.15) is 25.5 Å². The van der Waals surface area contributed by atoms with Crippen LogP contribution in [0.3, 0.4) is 0 Å². The molecule has 0 aliphatic carbocycles. The van der Waals surface area contributed by atoms with E-state index < -0.39 is 29.4 Å². The standard InChI is InChI=1S/C19H21F2NO3/c1-13(24-12-19(2,22)11-23)18(14-6-4-3-5-7-14)25-17-10-15(20)8-9-16(17)21/h3-11,13,18H,12,22H2,1-2H3/t13-,18-,19-/m0/s1. The summed E-state index contributed by atoms with van der Waals surface area (Å²) in [7, 11) is 0. The lowest BCUT2D eigenvalue weighted by atomic mass is 10.0. The molecule has 0 unspecified atom stereocenters. The van der Waals surface area contributed by atoms with Crippen molar-refractivity contribution in [3.63, 3.8) is 0 Å². The maximum Gasteiger partial charge on any atom is 0.165 e. The Morgan fingerprint density at radius 3 is 2.52 bits per heavy atom. The van der Waals surface area contributed by atoms with Crippen molar-refractivity contribution in [1.29, 1.82) is 0 Å². The number of aldehydes is 1. The van der Waals surface area contributed by atoms with Crippen molar-refractivity contribution in [2.75, 3.05) is 6.61 Å². The maximum absolute atomic E-state index is 13.9. The van der Waals surface area contributed by atoms with Gasteiger partial charge in [0.15, 0.2) is 11.6 Å². The van der Waals surface area contributed by atoms with E-state index in [2.05, 4.69) is 0 Å². The first-order valence-electron chi connectivity index (χ1n) is 7.86. The average molecular weight is 349 g/mol. The summed E-state index contributed by atoms with van der Waals surface area (Å²) in [5.41, 5.74) is 5.34. The van der Waals surface area contributed by atoms with Gasteiger partial charge in [0.25, 0.3) is 0 Å². The second-order valence-corrected chi connectivity index (χ2v) is 6.16. The summed E-state index contributed by atoms with van der Waals surface area (Å²) in [5, 5.41) is 0. The van der Waals surface area contributed by atoms with E-state index in [1.165, 1.54) is 6.92 Å². The van der Waals surface area contributed by atoms with E-state index in [1.807, 2.05) is 6.07 Å². The van der Waals surface area contributed by atoms with Gasteiger partial charge in [-0.25, -0.2) is 8.78 Å². The van der Waals surface area contributed by atoms with E-state index in [4.69, 9.17) is 15.2 Å². The Balaban J connectivity index is 2.24. The predicted octanol–water partition coefficient (Wildman–Crippen LogP) is 3.41. The van der Waals surface area contributed by atoms with E-state index in [9.17, 15) is 13.6 Å². The topological polar surface area (TPSA) is 61.5 Å². The number of hydrogen-bond donors (Lipinski definition) is 1. The molecular weight excluding hydrogens is 328 g/mol.